The van der Waals surface area contributed by atoms with Gasteiger partial charge in [0.2, 0.25) is 0 Å². The van der Waals surface area contributed by atoms with Crippen molar-refractivity contribution in [1.29, 1.82) is 0 Å². The molecule has 2 aromatic heterocycles. The van der Waals surface area contributed by atoms with Crippen molar-refractivity contribution in [2.24, 2.45) is 0 Å². The van der Waals surface area contributed by atoms with Crippen molar-refractivity contribution in [3.8, 4) is 0 Å². The highest BCUT2D eigenvalue weighted by Crippen LogP contribution is 2.23. The molecule has 4 heteroatoms. The zero-order valence-corrected chi connectivity index (χ0v) is 12.4. The van der Waals surface area contributed by atoms with Crippen LogP contribution in [0.4, 0.5) is 11.5 Å². The maximum Gasteiger partial charge on any atom is 0.138 e. The second kappa shape index (κ2) is 5.48. The zero-order valence-electron chi connectivity index (χ0n) is 12.4. The monoisotopic (exact) mass is 280 g/mol. The van der Waals surface area contributed by atoms with Crippen LogP contribution in [0, 0.1) is 0 Å². The number of anilines is 2. The SMILES string of the molecule is CC(C)N(Cc1ccccc1N)c1cccc2nccn12. The molecule has 21 heavy (non-hydrogen) atoms. The fourth-order valence-corrected chi connectivity index (χ4v) is 2.56. The predicted octanol–water partition coefficient (Wildman–Crippen LogP) is 3.33. The van der Waals surface area contributed by atoms with Gasteiger partial charge in [-0.15, -0.1) is 0 Å². The second-order valence-corrected chi connectivity index (χ2v) is 5.46. The van der Waals surface area contributed by atoms with Crippen LogP contribution in [0.25, 0.3) is 5.65 Å². The molecule has 2 N–H and O–H groups in total. The third kappa shape index (κ3) is 2.57. The van der Waals surface area contributed by atoms with Gasteiger partial charge in [0.15, 0.2) is 0 Å². The third-order valence-corrected chi connectivity index (χ3v) is 3.72. The zero-order chi connectivity index (χ0) is 14.8. The van der Waals surface area contributed by atoms with E-state index in [0.717, 1.165) is 29.3 Å². The van der Waals surface area contributed by atoms with Gasteiger partial charge in [0.25, 0.3) is 0 Å². The summed E-state index contributed by atoms with van der Waals surface area (Å²) in [6.45, 7) is 5.16. The van der Waals surface area contributed by atoms with Crippen LogP contribution in [0.15, 0.2) is 54.9 Å². The lowest BCUT2D eigenvalue weighted by Crippen LogP contribution is -2.32. The number of benzene rings is 1. The molecule has 0 aliphatic rings. The molecule has 0 radical (unpaired) electrons. The molecule has 0 spiro atoms. The lowest BCUT2D eigenvalue weighted by Gasteiger charge is -2.30. The van der Waals surface area contributed by atoms with Gasteiger partial charge >= 0.3 is 0 Å². The Labute approximate surface area is 124 Å². The van der Waals surface area contributed by atoms with Crippen LogP contribution >= 0.6 is 0 Å². The highest BCUT2D eigenvalue weighted by molar-refractivity contribution is 5.54. The Morgan fingerprint density at radius 3 is 2.71 bits per heavy atom. The number of aromatic nitrogens is 2. The van der Waals surface area contributed by atoms with Crippen molar-refractivity contribution in [3.05, 3.63) is 60.4 Å². The maximum atomic E-state index is 6.09. The van der Waals surface area contributed by atoms with Crippen molar-refractivity contribution in [3.63, 3.8) is 0 Å². The van der Waals surface area contributed by atoms with Crippen LogP contribution in [0.3, 0.4) is 0 Å². The molecule has 3 aromatic rings. The smallest absolute Gasteiger partial charge is 0.138 e. The summed E-state index contributed by atoms with van der Waals surface area (Å²) in [6.07, 6.45) is 3.82. The molecule has 0 bridgehead atoms. The number of fused-ring (bicyclic) bond motifs is 1. The standard InChI is InChI=1S/C17H20N4/c1-13(2)21(12-14-6-3-4-7-15(14)18)17-9-5-8-16-19-10-11-20(16)17/h3-11,13H,12,18H2,1-2H3. The maximum absolute atomic E-state index is 6.09. The highest BCUT2D eigenvalue weighted by Gasteiger charge is 2.15. The Bertz CT molecular complexity index is 745. The van der Waals surface area contributed by atoms with Gasteiger partial charge in [0.05, 0.1) is 0 Å². The van der Waals surface area contributed by atoms with Crippen molar-refractivity contribution < 1.29 is 0 Å². The first-order valence-corrected chi connectivity index (χ1v) is 7.19. The Hall–Kier alpha value is -2.49. The molecule has 0 aliphatic carbocycles. The van der Waals surface area contributed by atoms with Crippen molar-refractivity contribution in [2.45, 2.75) is 26.4 Å². The van der Waals surface area contributed by atoms with E-state index in [1.54, 1.807) is 0 Å². The van der Waals surface area contributed by atoms with E-state index in [2.05, 4.69) is 40.3 Å². The van der Waals surface area contributed by atoms with E-state index in [1.165, 1.54) is 0 Å². The molecular weight excluding hydrogens is 260 g/mol. The molecule has 0 saturated carbocycles. The van der Waals surface area contributed by atoms with Gasteiger partial charge in [-0.25, -0.2) is 4.98 Å². The number of nitrogens with two attached hydrogens (primary N) is 1. The number of hydrogen-bond donors (Lipinski definition) is 1. The van der Waals surface area contributed by atoms with Crippen LogP contribution in [0.2, 0.25) is 0 Å². The van der Waals surface area contributed by atoms with Crippen LogP contribution in [0.1, 0.15) is 19.4 Å². The number of pyridine rings is 1. The van der Waals surface area contributed by atoms with E-state index in [4.69, 9.17) is 5.73 Å². The molecule has 1 aromatic carbocycles. The molecule has 4 nitrogen and oxygen atoms in total. The number of nitrogen functional groups attached to an aromatic ring is 1. The number of rotatable bonds is 4. The molecule has 2 heterocycles. The largest absolute Gasteiger partial charge is 0.398 e. The first kappa shape index (κ1) is 13.5. The van der Waals surface area contributed by atoms with Crippen molar-refractivity contribution in [2.75, 3.05) is 10.6 Å². The minimum atomic E-state index is 0.359. The number of para-hydroxylation sites is 1. The molecule has 0 unspecified atom stereocenters. The molecule has 0 atom stereocenters. The second-order valence-electron chi connectivity index (χ2n) is 5.46. The van der Waals surface area contributed by atoms with E-state index >= 15 is 0 Å². The lowest BCUT2D eigenvalue weighted by atomic mass is 10.1. The average molecular weight is 280 g/mol. The summed E-state index contributed by atoms with van der Waals surface area (Å²) in [5.74, 6) is 1.13. The Kier molecular flexibility index (Phi) is 3.52. The lowest BCUT2D eigenvalue weighted by molar-refractivity contribution is 0.669. The normalized spacial score (nSPS) is 11.2. The van der Waals surface area contributed by atoms with Crippen LogP contribution in [0.5, 0.6) is 0 Å². The fraction of sp³-hybridized carbons (Fsp3) is 0.235. The summed E-state index contributed by atoms with van der Waals surface area (Å²) in [5, 5.41) is 0. The van der Waals surface area contributed by atoms with E-state index in [1.807, 2.05) is 42.7 Å². The van der Waals surface area contributed by atoms with Gasteiger partial charge in [0.1, 0.15) is 11.5 Å². The van der Waals surface area contributed by atoms with E-state index in [0.29, 0.717) is 6.04 Å². The summed E-state index contributed by atoms with van der Waals surface area (Å²) in [7, 11) is 0. The first-order valence-electron chi connectivity index (χ1n) is 7.19. The average Bonchev–Trinajstić information content (AvgIpc) is 2.94. The van der Waals surface area contributed by atoms with E-state index in [9.17, 15) is 0 Å². The summed E-state index contributed by atoms with van der Waals surface area (Å²) in [6, 6.07) is 14.6. The van der Waals surface area contributed by atoms with E-state index < -0.39 is 0 Å². The quantitative estimate of drug-likeness (QED) is 0.746. The molecule has 3 rings (SSSR count). The van der Waals surface area contributed by atoms with Crippen molar-refractivity contribution in [1.82, 2.24) is 9.38 Å². The van der Waals surface area contributed by atoms with Gasteiger partial charge in [-0.3, -0.25) is 4.40 Å². The minimum absolute atomic E-state index is 0.359. The summed E-state index contributed by atoms with van der Waals surface area (Å²) < 4.78 is 2.11. The third-order valence-electron chi connectivity index (χ3n) is 3.72. The van der Waals surface area contributed by atoms with Gasteiger partial charge < -0.3 is 10.6 Å². The highest BCUT2D eigenvalue weighted by atomic mass is 15.2. The topological polar surface area (TPSA) is 46.6 Å². The molecule has 0 aliphatic heterocycles. The Morgan fingerprint density at radius 2 is 1.95 bits per heavy atom. The summed E-state index contributed by atoms with van der Waals surface area (Å²) in [5.41, 5.74) is 9.03. The van der Waals surface area contributed by atoms with Crippen LogP contribution in [-0.4, -0.2) is 15.4 Å². The summed E-state index contributed by atoms with van der Waals surface area (Å²) in [4.78, 5) is 6.69. The first-order chi connectivity index (χ1) is 10.2. The summed E-state index contributed by atoms with van der Waals surface area (Å²) >= 11 is 0. The molecule has 108 valence electrons. The Morgan fingerprint density at radius 1 is 1.14 bits per heavy atom. The molecular formula is C17H20N4. The number of imidazole rings is 1. The fourth-order valence-electron chi connectivity index (χ4n) is 2.56. The van der Waals surface area contributed by atoms with Crippen LogP contribution in [-0.2, 0) is 6.54 Å². The van der Waals surface area contributed by atoms with Gasteiger partial charge in [-0.05, 0) is 37.6 Å². The van der Waals surface area contributed by atoms with E-state index in [-0.39, 0.29) is 0 Å². The Balaban J connectivity index is 2.03. The molecule has 0 fully saturated rings. The molecule has 0 saturated heterocycles. The number of nitrogens with zero attached hydrogens (tertiary/aromatic N) is 3. The van der Waals surface area contributed by atoms with Gasteiger partial charge in [-0.2, -0.15) is 0 Å². The van der Waals surface area contributed by atoms with Gasteiger partial charge in [-0.1, -0.05) is 24.3 Å². The molecule has 0 amide bonds. The van der Waals surface area contributed by atoms with Gasteiger partial charge in [0, 0.05) is 30.7 Å². The van der Waals surface area contributed by atoms with Crippen molar-refractivity contribution >= 4 is 17.2 Å². The predicted molar refractivity (Wildman–Crippen MR) is 87.4 cm³/mol. The van der Waals surface area contributed by atoms with Crippen LogP contribution < -0.4 is 10.6 Å². The number of hydrogen-bond acceptors (Lipinski definition) is 3. The minimum Gasteiger partial charge on any atom is -0.398 e.